The largest absolute Gasteiger partial charge is 0.355 e. The Morgan fingerprint density at radius 1 is 1.53 bits per heavy atom. The minimum atomic E-state index is -3.31. The van der Waals surface area contributed by atoms with Gasteiger partial charge in [0.2, 0.25) is 0 Å². The Morgan fingerprint density at radius 3 is 2.68 bits per heavy atom. The van der Waals surface area contributed by atoms with E-state index in [1.807, 2.05) is 0 Å². The number of carbonyl (C=O) groups is 1. The zero-order valence-corrected chi connectivity index (χ0v) is 12.9. The number of sulfone groups is 1. The lowest BCUT2D eigenvalue weighted by molar-refractivity contribution is 0.0961. The van der Waals surface area contributed by atoms with Crippen molar-refractivity contribution >= 4 is 31.7 Å². The summed E-state index contributed by atoms with van der Waals surface area (Å²) in [4.78, 5) is 11.7. The second kappa shape index (κ2) is 4.86. The molecule has 4 nitrogen and oxygen atoms in total. The average Bonchev–Trinajstić information content (AvgIpc) is 2.76. The number of rotatable bonds is 2. The molecule has 0 saturated carbocycles. The molecule has 1 amide bonds. The summed E-state index contributed by atoms with van der Waals surface area (Å²) >= 11 is 3.06. The van der Waals surface area contributed by atoms with Crippen LogP contribution in [0.3, 0.4) is 0 Å². The summed E-state index contributed by atoms with van der Waals surface area (Å²) in [5.41, 5.74) is 0.908. The van der Waals surface area contributed by atoms with Crippen molar-refractivity contribution in [2.45, 2.75) is 18.1 Å². The van der Waals surface area contributed by atoms with Gasteiger partial charge in [-0.05, 0) is 46.0 Å². The molecule has 0 aromatic heterocycles. The van der Waals surface area contributed by atoms with E-state index >= 15 is 0 Å². The molecular weight excluding hydrogens is 337 g/mol. The van der Waals surface area contributed by atoms with E-state index in [1.165, 1.54) is 13.1 Å². The predicted molar refractivity (Wildman–Crippen MR) is 73.4 cm³/mol. The molecule has 1 aromatic rings. The van der Waals surface area contributed by atoms with Crippen LogP contribution in [0.25, 0.3) is 0 Å². The highest BCUT2D eigenvalue weighted by molar-refractivity contribution is 9.10. The Bertz CT molecular complexity index is 657. The van der Waals surface area contributed by atoms with E-state index in [0.29, 0.717) is 24.0 Å². The van der Waals surface area contributed by atoms with E-state index in [0.717, 1.165) is 6.26 Å². The molecule has 7 heteroatoms. The summed E-state index contributed by atoms with van der Waals surface area (Å²) in [6.07, 6.45) is 1.85. The van der Waals surface area contributed by atoms with Gasteiger partial charge in [-0.3, -0.25) is 4.79 Å². The molecule has 1 aliphatic rings. The van der Waals surface area contributed by atoms with E-state index in [2.05, 4.69) is 21.2 Å². The number of halogens is 2. The molecular formula is C12H13BrFNO3S. The molecule has 0 heterocycles. The van der Waals surface area contributed by atoms with E-state index in [-0.39, 0.29) is 10.0 Å². The molecule has 0 fully saturated rings. The van der Waals surface area contributed by atoms with E-state index in [9.17, 15) is 17.6 Å². The highest BCUT2D eigenvalue weighted by Crippen LogP contribution is 2.41. The van der Waals surface area contributed by atoms with Gasteiger partial charge in [0.25, 0.3) is 5.91 Å². The van der Waals surface area contributed by atoms with Crippen molar-refractivity contribution in [3.63, 3.8) is 0 Å². The molecule has 19 heavy (non-hydrogen) atoms. The topological polar surface area (TPSA) is 63.2 Å². The molecule has 1 atom stereocenters. The Morgan fingerprint density at radius 2 is 2.16 bits per heavy atom. The summed E-state index contributed by atoms with van der Waals surface area (Å²) < 4.78 is 37.7. The Hall–Kier alpha value is -0.950. The number of benzene rings is 1. The molecule has 104 valence electrons. The Labute approximate surface area is 119 Å². The zero-order chi connectivity index (χ0) is 14.4. The standard InChI is InChI=1S/C12H13BrFNO3S/c1-15-12(16)8-5-7-6(11(14)10(8)13)3-4-9(7)19(2,17)18/h5,9H,3-4H2,1-2H3,(H,15,16). The Kier molecular flexibility index (Phi) is 3.70. The van der Waals surface area contributed by atoms with E-state index < -0.39 is 26.8 Å². The van der Waals surface area contributed by atoms with Crippen LogP contribution in [-0.4, -0.2) is 27.6 Å². The van der Waals surface area contributed by atoms with Crippen molar-refractivity contribution < 1.29 is 17.6 Å². The van der Waals surface area contributed by atoms with Crippen molar-refractivity contribution in [2.75, 3.05) is 13.3 Å². The average molecular weight is 350 g/mol. The van der Waals surface area contributed by atoms with Gasteiger partial charge in [-0.2, -0.15) is 0 Å². The van der Waals surface area contributed by atoms with Crippen molar-refractivity contribution in [3.8, 4) is 0 Å². The lowest BCUT2D eigenvalue weighted by atomic mass is 10.0. The number of carbonyl (C=O) groups excluding carboxylic acids is 1. The molecule has 0 spiro atoms. The number of amides is 1. The minimum Gasteiger partial charge on any atom is -0.355 e. The number of hydrogen-bond donors (Lipinski definition) is 1. The van der Waals surface area contributed by atoms with Gasteiger partial charge >= 0.3 is 0 Å². The highest BCUT2D eigenvalue weighted by atomic mass is 79.9. The van der Waals surface area contributed by atoms with Gasteiger partial charge in [0, 0.05) is 13.3 Å². The van der Waals surface area contributed by atoms with Gasteiger partial charge in [-0.15, -0.1) is 0 Å². The van der Waals surface area contributed by atoms with Gasteiger partial charge in [0.15, 0.2) is 9.84 Å². The van der Waals surface area contributed by atoms with Crippen LogP contribution in [0, 0.1) is 5.82 Å². The van der Waals surface area contributed by atoms with Crippen LogP contribution in [0.2, 0.25) is 0 Å². The number of fused-ring (bicyclic) bond motifs is 1. The monoisotopic (exact) mass is 349 g/mol. The SMILES string of the molecule is CNC(=O)c1cc2c(c(F)c1Br)CCC2S(C)(=O)=O. The first kappa shape index (κ1) is 14.5. The maximum Gasteiger partial charge on any atom is 0.252 e. The molecule has 1 unspecified atom stereocenters. The smallest absolute Gasteiger partial charge is 0.252 e. The van der Waals surface area contributed by atoms with Crippen LogP contribution in [0.1, 0.15) is 33.2 Å². The van der Waals surface area contributed by atoms with Gasteiger partial charge in [-0.25, -0.2) is 12.8 Å². The summed E-state index contributed by atoms with van der Waals surface area (Å²) in [7, 11) is -1.87. The van der Waals surface area contributed by atoms with Crippen molar-refractivity contribution in [1.29, 1.82) is 0 Å². The van der Waals surface area contributed by atoms with Gasteiger partial charge < -0.3 is 5.32 Å². The first-order valence-electron chi connectivity index (χ1n) is 5.69. The summed E-state index contributed by atoms with van der Waals surface area (Å²) in [6, 6.07) is 1.47. The fourth-order valence-corrected chi connectivity index (χ4v) is 4.15. The lowest BCUT2D eigenvalue weighted by Gasteiger charge is -2.13. The predicted octanol–water partition coefficient (Wildman–Crippen LogP) is 1.98. The minimum absolute atomic E-state index is 0.0831. The third-order valence-electron chi connectivity index (χ3n) is 3.33. The van der Waals surface area contributed by atoms with Crippen LogP contribution in [0.4, 0.5) is 4.39 Å². The van der Waals surface area contributed by atoms with Crippen LogP contribution in [0.5, 0.6) is 0 Å². The zero-order valence-electron chi connectivity index (χ0n) is 10.5. The van der Waals surface area contributed by atoms with Gasteiger partial charge in [0.1, 0.15) is 5.82 Å². The van der Waals surface area contributed by atoms with Crippen molar-refractivity contribution in [2.24, 2.45) is 0 Å². The molecule has 1 aliphatic carbocycles. The first-order chi connectivity index (χ1) is 8.77. The Balaban J connectivity index is 2.67. The van der Waals surface area contributed by atoms with Crippen LogP contribution >= 0.6 is 15.9 Å². The van der Waals surface area contributed by atoms with Gasteiger partial charge in [0.05, 0.1) is 15.3 Å². The van der Waals surface area contributed by atoms with Crippen LogP contribution in [-0.2, 0) is 16.3 Å². The quantitative estimate of drug-likeness (QED) is 0.887. The molecule has 0 aliphatic heterocycles. The van der Waals surface area contributed by atoms with Crippen molar-refractivity contribution in [3.05, 3.63) is 33.0 Å². The maximum atomic E-state index is 14.2. The second-order valence-corrected chi connectivity index (χ2v) is 7.58. The second-order valence-electron chi connectivity index (χ2n) is 4.56. The number of hydrogen-bond acceptors (Lipinski definition) is 3. The fraction of sp³-hybridized carbons (Fsp3) is 0.417. The van der Waals surface area contributed by atoms with E-state index in [1.54, 1.807) is 0 Å². The molecule has 0 bridgehead atoms. The summed E-state index contributed by atoms with van der Waals surface area (Å²) in [6.45, 7) is 0. The molecule has 0 radical (unpaired) electrons. The van der Waals surface area contributed by atoms with Crippen LogP contribution < -0.4 is 5.32 Å². The molecule has 1 N–H and O–H groups in total. The molecule has 2 rings (SSSR count). The van der Waals surface area contributed by atoms with Crippen LogP contribution in [0.15, 0.2) is 10.5 Å². The third kappa shape index (κ3) is 2.41. The normalized spacial score (nSPS) is 18.2. The summed E-state index contributed by atoms with van der Waals surface area (Å²) in [5.74, 6) is -0.991. The fourth-order valence-electron chi connectivity index (χ4n) is 2.40. The first-order valence-corrected chi connectivity index (χ1v) is 8.43. The number of nitrogens with one attached hydrogen (secondary N) is 1. The highest BCUT2D eigenvalue weighted by Gasteiger charge is 2.34. The van der Waals surface area contributed by atoms with E-state index in [4.69, 9.17) is 0 Å². The van der Waals surface area contributed by atoms with Gasteiger partial charge in [-0.1, -0.05) is 0 Å². The lowest BCUT2D eigenvalue weighted by Crippen LogP contribution is -2.20. The maximum absolute atomic E-state index is 14.2. The van der Waals surface area contributed by atoms with Crippen molar-refractivity contribution in [1.82, 2.24) is 5.32 Å². The summed E-state index contributed by atoms with van der Waals surface area (Å²) in [5, 5.41) is 1.68. The third-order valence-corrected chi connectivity index (χ3v) is 5.63. The molecule has 1 aromatic carbocycles. The molecule has 0 saturated heterocycles.